The van der Waals surface area contributed by atoms with Crippen molar-refractivity contribution in [1.29, 1.82) is 0 Å². The Morgan fingerprint density at radius 1 is 1.42 bits per heavy atom. The summed E-state index contributed by atoms with van der Waals surface area (Å²) in [6.07, 6.45) is 6.80. The number of fused-ring (bicyclic) bond motifs is 1. The fraction of sp³-hybridized carbons (Fsp3) is 0.333. The summed E-state index contributed by atoms with van der Waals surface area (Å²) >= 11 is 0. The standard InChI is InChI=1S/C15H17N3O/c1-10(12-8-16-17-9-12)18-15(19)14-7-3-5-11-4-2-6-13(11)14/h3,5,7-10H,2,4,6H2,1H3,(H,16,17)(H,18,19). The van der Waals surface area contributed by atoms with Gasteiger partial charge in [-0.1, -0.05) is 12.1 Å². The molecular weight excluding hydrogens is 238 g/mol. The molecule has 1 aromatic heterocycles. The molecule has 19 heavy (non-hydrogen) atoms. The molecule has 4 nitrogen and oxygen atoms in total. The lowest BCUT2D eigenvalue weighted by Crippen LogP contribution is -2.27. The summed E-state index contributed by atoms with van der Waals surface area (Å²) in [5.74, 6) is 0.00690. The predicted octanol–water partition coefficient (Wildman–Crippen LogP) is 2.39. The van der Waals surface area contributed by atoms with Crippen molar-refractivity contribution in [2.45, 2.75) is 32.2 Å². The first-order valence-electron chi connectivity index (χ1n) is 6.66. The molecule has 1 aliphatic rings. The van der Waals surface area contributed by atoms with Crippen molar-refractivity contribution >= 4 is 5.91 Å². The first-order valence-corrected chi connectivity index (χ1v) is 6.66. The monoisotopic (exact) mass is 255 g/mol. The van der Waals surface area contributed by atoms with Gasteiger partial charge in [0.2, 0.25) is 0 Å². The molecule has 0 fully saturated rings. The zero-order valence-electron chi connectivity index (χ0n) is 10.9. The van der Waals surface area contributed by atoms with E-state index in [1.807, 2.05) is 19.1 Å². The molecular formula is C15H17N3O. The van der Waals surface area contributed by atoms with Crippen LogP contribution in [0.2, 0.25) is 0 Å². The highest BCUT2D eigenvalue weighted by Gasteiger charge is 2.20. The van der Waals surface area contributed by atoms with E-state index in [9.17, 15) is 4.79 Å². The van der Waals surface area contributed by atoms with Crippen LogP contribution in [0.3, 0.4) is 0 Å². The normalized spacial score (nSPS) is 15.0. The molecule has 2 N–H and O–H groups in total. The average molecular weight is 255 g/mol. The summed E-state index contributed by atoms with van der Waals surface area (Å²) < 4.78 is 0. The van der Waals surface area contributed by atoms with Gasteiger partial charge in [0, 0.05) is 17.3 Å². The van der Waals surface area contributed by atoms with Crippen LogP contribution in [-0.2, 0) is 12.8 Å². The molecule has 0 aliphatic heterocycles. The molecule has 1 atom stereocenters. The maximum Gasteiger partial charge on any atom is 0.252 e. The predicted molar refractivity (Wildman–Crippen MR) is 72.9 cm³/mol. The van der Waals surface area contributed by atoms with Crippen molar-refractivity contribution < 1.29 is 4.79 Å². The van der Waals surface area contributed by atoms with Crippen LogP contribution >= 0.6 is 0 Å². The van der Waals surface area contributed by atoms with Crippen LogP contribution in [0, 0.1) is 0 Å². The fourth-order valence-electron chi connectivity index (χ4n) is 2.69. The topological polar surface area (TPSA) is 57.8 Å². The molecule has 98 valence electrons. The summed E-state index contributed by atoms with van der Waals surface area (Å²) in [7, 11) is 0. The van der Waals surface area contributed by atoms with E-state index in [0.29, 0.717) is 0 Å². The van der Waals surface area contributed by atoms with Crippen LogP contribution in [0.4, 0.5) is 0 Å². The third-order valence-electron chi connectivity index (χ3n) is 3.76. The molecule has 1 aromatic carbocycles. The summed E-state index contributed by atoms with van der Waals surface area (Å²) in [6.45, 7) is 1.96. The first-order chi connectivity index (χ1) is 9.25. The van der Waals surface area contributed by atoms with Crippen LogP contribution < -0.4 is 5.32 Å². The van der Waals surface area contributed by atoms with Crippen LogP contribution in [-0.4, -0.2) is 16.1 Å². The number of hydrogen-bond acceptors (Lipinski definition) is 2. The van der Waals surface area contributed by atoms with Gasteiger partial charge < -0.3 is 5.32 Å². The Morgan fingerprint density at radius 2 is 2.32 bits per heavy atom. The fourth-order valence-corrected chi connectivity index (χ4v) is 2.69. The number of aromatic amines is 1. The number of H-pyrrole nitrogens is 1. The summed E-state index contributed by atoms with van der Waals surface area (Å²) in [4.78, 5) is 12.4. The molecule has 0 bridgehead atoms. The summed E-state index contributed by atoms with van der Waals surface area (Å²) in [5.41, 5.74) is 4.36. The van der Waals surface area contributed by atoms with Gasteiger partial charge in [0.1, 0.15) is 0 Å². The number of hydrogen-bond donors (Lipinski definition) is 2. The minimum atomic E-state index is -0.0384. The van der Waals surface area contributed by atoms with E-state index in [1.54, 1.807) is 12.4 Å². The number of carbonyl (C=O) groups excluding carboxylic acids is 1. The minimum Gasteiger partial charge on any atom is -0.345 e. The molecule has 0 saturated heterocycles. The Kier molecular flexibility index (Phi) is 3.07. The lowest BCUT2D eigenvalue weighted by molar-refractivity contribution is 0.0939. The van der Waals surface area contributed by atoms with Crippen LogP contribution in [0.1, 0.15) is 46.4 Å². The van der Waals surface area contributed by atoms with Gasteiger partial charge in [-0.05, 0) is 43.4 Å². The van der Waals surface area contributed by atoms with Gasteiger partial charge in [-0.25, -0.2) is 0 Å². The quantitative estimate of drug-likeness (QED) is 0.884. The van der Waals surface area contributed by atoms with Gasteiger partial charge in [-0.15, -0.1) is 0 Å². The first kappa shape index (κ1) is 12.0. The average Bonchev–Trinajstić information content (AvgIpc) is 3.08. The van der Waals surface area contributed by atoms with Crippen molar-refractivity contribution in [2.75, 3.05) is 0 Å². The summed E-state index contributed by atoms with van der Waals surface area (Å²) in [6, 6.07) is 5.98. The number of nitrogens with one attached hydrogen (secondary N) is 2. The Bertz CT molecular complexity index is 589. The van der Waals surface area contributed by atoms with Gasteiger partial charge >= 0.3 is 0 Å². The summed E-state index contributed by atoms with van der Waals surface area (Å²) in [5, 5.41) is 9.70. The molecule has 4 heteroatoms. The molecule has 2 aromatic rings. The molecule has 0 spiro atoms. The molecule has 0 saturated carbocycles. The van der Waals surface area contributed by atoms with E-state index in [-0.39, 0.29) is 11.9 Å². The van der Waals surface area contributed by atoms with Gasteiger partial charge in [-0.2, -0.15) is 5.10 Å². The lowest BCUT2D eigenvalue weighted by atomic mass is 10.0. The lowest BCUT2D eigenvalue weighted by Gasteiger charge is -2.14. The van der Waals surface area contributed by atoms with Gasteiger partial charge in [0.15, 0.2) is 0 Å². The highest BCUT2D eigenvalue weighted by atomic mass is 16.1. The smallest absolute Gasteiger partial charge is 0.252 e. The molecule has 1 amide bonds. The number of nitrogens with zero attached hydrogens (tertiary/aromatic N) is 1. The van der Waals surface area contributed by atoms with E-state index < -0.39 is 0 Å². The zero-order chi connectivity index (χ0) is 13.2. The number of aryl methyl sites for hydroxylation is 1. The molecule has 3 rings (SSSR count). The Labute approximate surface area is 112 Å². The Hall–Kier alpha value is -2.10. The largest absolute Gasteiger partial charge is 0.345 e. The molecule has 1 unspecified atom stereocenters. The van der Waals surface area contributed by atoms with Crippen LogP contribution in [0.25, 0.3) is 0 Å². The maximum atomic E-state index is 12.4. The highest BCUT2D eigenvalue weighted by Crippen LogP contribution is 2.25. The van der Waals surface area contributed by atoms with E-state index in [2.05, 4.69) is 21.6 Å². The highest BCUT2D eigenvalue weighted by molar-refractivity contribution is 5.96. The SMILES string of the molecule is CC(NC(=O)c1cccc2c1CCC2)c1cn[nH]c1. The number of aromatic nitrogens is 2. The van der Waals surface area contributed by atoms with Crippen molar-refractivity contribution in [3.05, 3.63) is 52.8 Å². The van der Waals surface area contributed by atoms with Gasteiger partial charge in [0.25, 0.3) is 5.91 Å². The van der Waals surface area contributed by atoms with Crippen molar-refractivity contribution in [3.63, 3.8) is 0 Å². The second-order valence-electron chi connectivity index (χ2n) is 5.02. The Morgan fingerprint density at radius 3 is 3.11 bits per heavy atom. The second kappa shape index (κ2) is 4.88. The number of carbonyl (C=O) groups is 1. The van der Waals surface area contributed by atoms with Crippen LogP contribution in [0.15, 0.2) is 30.6 Å². The zero-order valence-corrected chi connectivity index (χ0v) is 10.9. The molecule has 1 aliphatic carbocycles. The molecule has 0 radical (unpaired) electrons. The third kappa shape index (κ3) is 2.26. The van der Waals surface area contributed by atoms with Crippen molar-refractivity contribution in [1.82, 2.24) is 15.5 Å². The van der Waals surface area contributed by atoms with E-state index >= 15 is 0 Å². The van der Waals surface area contributed by atoms with Crippen molar-refractivity contribution in [2.24, 2.45) is 0 Å². The van der Waals surface area contributed by atoms with Crippen molar-refractivity contribution in [3.8, 4) is 0 Å². The number of amides is 1. The third-order valence-corrected chi connectivity index (χ3v) is 3.76. The van der Waals surface area contributed by atoms with Gasteiger partial charge in [0.05, 0.1) is 12.2 Å². The van der Waals surface area contributed by atoms with Gasteiger partial charge in [-0.3, -0.25) is 9.89 Å². The van der Waals surface area contributed by atoms with E-state index in [1.165, 1.54) is 11.1 Å². The van der Waals surface area contributed by atoms with Crippen LogP contribution in [0.5, 0.6) is 0 Å². The van der Waals surface area contributed by atoms with E-state index in [4.69, 9.17) is 0 Å². The molecule has 1 heterocycles. The maximum absolute atomic E-state index is 12.4. The minimum absolute atomic E-state index is 0.00690. The van der Waals surface area contributed by atoms with E-state index in [0.717, 1.165) is 30.4 Å². The second-order valence-corrected chi connectivity index (χ2v) is 5.02. The Balaban J connectivity index is 1.80. The number of benzene rings is 1. The number of rotatable bonds is 3.